The van der Waals surface area contributed by atoms with Crippen LogP contribution < -0.4 is 5.32 Å². The van der Waals surface area contributed by atoms with Crippen molar-refractivity contribution in [3.8, 4) is 0 Å². The third-order valence-corrected chi connectivity index (χ3v) is 5.06. The van der Waals surface area contributed by atoms with Gasteiger partial charge in [0, 0.05) is 23.8 Å². The van der Waals surface area contributed by atoms with Crippen LogP contribution >= 0.6 is 11.3 Å². The lowest BCUT2D eigenvalue weighted by atomic mass is 9.96. The Morgan fingerprint density at radius 1 is 1.35 bits per heavy atom. The molecular formula is C16H25N3O3S. The minimum absolute atomic E-state index is 0.132. The summed E-state index contributed by atoms with van der Waals surface area (Å²) >= 11 is 1.42. The molecule has 2 rings (SSSR count). The van der Waals surface area contributed by atoms with E-state index in [1.165, 1.54) is 18.4 Å². The number of nitrogens with zero attached hydrogens (tertiary/aromatic N) is 2. The molecule has 1 N–H and O–H groups in total. The van der Waals surface area contributed by atoms with Crippen LogP contribution in [0.15, 0.2) is 0 Å². The van der Waals surface area contributed by atoms with Gasteiger partial charge in [-0.3, -0.25) is 10.1 Å². The highest BCUT2D eigenvalue weighted by molar-refractivity contribution is 7.15. The molecule has 0 radical (unpaired) electrons. The van der Waals surface area contributed by atoms with Gasteiger partial charge in [0.1, 0.15) is 0 Å². The lowest BCUT2D eigenvalue weighted by Crippen LogP contribution is -2.39. The molecule has 1 aliphatic heterocycles. The standard InChI is InChI=1S/C16H25N3O3S/c1-4-6-11(7-5-2)14(20)19-9-8-12-13(10-19)23-15(17-12)18-16(21)22-3/h11H,4-10H2,1-3H3,(H,17,18,21). The molecule has 0 unspecified atom stereocenters. The zero-order valence-electron chi connectivity index (χ0n) is 14.1. The van der Waals surface area contributed by atoms with Crippen LogP contribution in [0.1, 0.15) is 50.1 Å². The summed E-state index contributed by atoms with van der Waals surface area (Å²) in [6, 6.07) is 0. The van der Waals surface area contributed by atoms with E-state index >= 15 is 0 Å². The van der Waals surface area contributed by atoms with E-state index in [2.05, 4.69) is 28.9 Å². The van der Waals surface area contributed by atoms with Crippen molar-refractivity contribution in [2.75, 3.05) is 19.0 Å². The minimum Gasteiger partial charge on any atom is -0.453 e. The molecule has 0 atom stereocenters. The third-order valence-electron chi connectivity index (χ3n) is 4.06. The first-order valence-corrected chi connectivity index (χ1v) is 9.03. The van der Waals surface area contributed by atoms with Gasteiger partial charge >= 0.3 is 6.09 Å². The van der Waals surface area contributed by atoms with E-state index in [1.807, 2.05) is 4.90 Å². The van der Waals surface area contributed by atoms with Crippen LogP contribution in [0.25, 0.3) is 0 Å². The van der Waals surface area contributed by atoms with E-state index in [4.69, 9.17) is 0 Å². The highest BCUT2D eigenvalue weighted by Crippen LogP contribution is 2.30. The molecule has 2 amide bonds. The van der Waals surface area contributed by atoms with Crippen LogP contribution in [-0.2, 0) is 22.5 Å². The van der Waals surface area contributed by atoms with Crippen LogP contribution in [-0.4, -0.2) is 35.5 Å². The number of rotatable bonds is 6. The summed E-state index contributed by atoms with van der Waals surface area (Å²) in [7, 11) is 1.32. The lowest BCUT2D eigenvalue weighted by Gasteiger charge is -2.29. The molecule has 1 aromatic rings. The molecule has 0 saturated carbocycles. The van der Waals surface area contributed by atoms with Gasteiger partial charge in [0.25, 0.3) is 0 Å². The van der Waals surface area contributed by atoms with Crippen molar-refractivity contribution in [1.29, 1.82) is 0 Å². The summed E-state index contributed by atoms with van der Waals surface area (Å²) in [6.45, 7) is 5.55. The average molecular weight is 339 g/mol. The molecule has 23 heavy (non-hydrogen) atoms. The predicted molar refractivity (Wildman–Crippen MR) is 90.6 cm³/mol. The molecule has 128 valence electrons. The number of hydrogen-bond donors (Lipinski definition) is 1. The molecular weight excluding hydrogens is 314 g/mol. The summed E-state index contributed by atoms with van der Waals surface area (Å²) in [5.74, 6) is 0.391. The fourth-order valence-corrected chi connectivity index (χ4v) is 3.93. The minimum atomic E-state index is -0.519. The first-order valence-electron chi connectivity index (χ1n) is 8.21. The number of aromatic nitrogens is 1. The van der Waals surface area contributed by atoms with E-state index in [9.17, 15) is 9.59 Å². The maximum Gasteiger partial charge on any atom is 0.413 e. The fourth-order valence-electron chi connectivity index (χ4n) is 2.92. The Hall–Kier alpha value is -1.63. The Kier molecular flexibility index (Phi) is 6.38. The maximum atomic E-state index is 12.7. The Labute approximate surface area is 141 Å². The maximum absolute atomic E-state index is 12.7. The second kappa shape index (κ2) is 8.29. The molecule has 0 aliphatic carbocycles. The highest BCUT2D eigenvalue weighted by atomic mass is 32.1. The molecule has 1 aliphatic rings. The number of carbonyl (C=O) groups is 2. The van der Waals surface area contributed by atoms with Crippen molar-refractivity contribution in [1.82, 2.24) is 9.88 Å². The van der Waals surface area contributed by atoms with Crippen molar-refractivity contribution in [3.63, 3.8) is 0 Å². The van der Waals surface area contributed by atoms with Crippen molar-refractivity contribution in [2.24, 2.45) is 5.92 Å². The summed E-state index contributed by atoms with van der Waals surface area (Å²) in [5.41, 5.74) is 0.980. The van der Waals surface area contributed by atoms with Crippen molar-refractivity contribution in [3.05, 3.63) is 10.6 Å². The first-order chi connectivity index (χ1) is 11.1. The Balaban J connectivity index is 2.04. The van der Waals surface area contributed by atoms with Gasteiger partial charge in [-0.15, -0.1) is 0 Å². The lowest BCUT2D eigenvalue weighted by molar-refractivity contribution is -0.137. The largest absolute Gasteiger partial charge is 0.453 e. The van der Waals surface area contributed by atoms with E-state index in [0.29, 0.717) is 18.2 Å². The van der Waals surface area contributed by atoms with Gasteiger partial charge in [-0.05, 0) is 12.8 Å². The van der Waals surface area contributed by atoms with Gasteiger partial charge in [-0.25, -0.2) is 9.78 Å². The number of fused-ring (bicyclic) bond motifs is 1. The van der Waals surface area contributed by atoms with Crippen LogP contribution in [0.3, 0.4) is 0 Å². The van der Waals surface area contributed by atoms with Crippen molar-refractivity contribution in [2.45, 2.75) is 52.5 Å². The van der Waals surface area contributed by atoms with E-state index in [-0.39, 0.29) is 11.8 Å². The smallest absolute Gasteiger partial charge is 0.413 e. The van der Waals surface area contributed by atoms with E-state index < -0.39 is 6.09 Å². The van der Waals surface area contributed by atoms with Crippen molar-refractivity contribution < 1.29 is 14.3 Å². The number of hydrogen-bond acceptors (Lipinski definition) is 5. The third kappa shape index (κ3) is 4.43. The number of thiazole rings is 1. The molecule has 6 nitrogen and oxygen atoms in total. The SMILES string of the molecule is CCCC(CCC)C(=O)N1CCc2nc(NC(=O)OC)sc2C1. The quantitative estimate of drug-likeness (QED) is 0.862. The van der Waals surface area contributed by atoms with Gasteiger partial charge in [0.05, 0.1) is 19.3 Å². The number of anilines is 1. The molecule has 0 aromatic carbocycles. The van der Waals surface area contributed by atoms with Gasteiger partial charge < -0.3 is 9.64 Å². The summed E-state index contributed by atoms with van der Waals surface area (Å²) < 4.78 is 4.58. The van der Waals surface area contributed by atoms with Crippen LogP contribution in [0, 0.1) is 5.92 Å². The fraction of sp³-hybridized carbons (Fsp3) is 0.688. The normalized spacial score (nSPS) is 13.8. The Bertz CT molecular complexity index is 553. The Morgan fingerprint density at radius 3 is 2.65 bits per heavy atom. The molecule has 0 saturated heterocycles. The number of methoxy groups -OCH3 is 1. The summed E-state index contributed by atoms with van der Waals surface area (Å²) in [4.78, 5) is 31.4. The molecule has 2 heterocycles. The second-order valence-electron chi connectivity index (χ2n) is 5.79. The topological polar surface area (TPSA) is 71.5 Å². The number of ether oxygens (including phenoxy) is 1. The number of amides is 2. The van der Waals surface area contributed by atoms with Gasteiger partial charge in [0.15, 0.2) is 5.13 Å². The average Bonchev–Trinajstić information content (AvgIpc) is 2.95. The summed E-state index contributed by atoms with van der Waals surface area (Å²) in [5, 5.41) is 3.14. The van der Waals surface area contributed by atoms with Crippen LogP contribution in [0.2, 0.25) is 0 Å². The molecule has 0 bridgehead atoms. The van der Waals surface area contributed by atoms with Crippen molar-refractivity contribution >= 4 is 28.5 Å². The van der Waals surface area contributed by atoms with Gasteiger partial charge in [-0.2, -0.15) is 0 Å². The molecule has 7 heteroatoms. The van der Waals surface area contributed by atoms with Gasteiger partial charge in [0.2, 0.25) is 5.91 Å². The molecule has 0 spiro atoms. The monoisotopic (exact) mass is 339 g/mol. The Morgan fingerprint density at radius 2 is 2.04 bits per heavy atom. The van der Waals surface area contributed by atoms with Crippen LogP contribution in [0.5, 0.6) is 0 Å². The second-order valence-corrected chi connectivity index (χ2v) is 6.87. The van der Waals surface area contributed by atoms with Crippen LogP contribution in [0.4, 0.5) is 9.93 Å². The zero-order valence-corrected chi connectivity index (χ0v) is 14.9. The predicted octanol–water partition coefficient (Wildman–Crippen LogP) is 3.42. The molecule has 1 aromatic heterocycles. The highest BCUT2D eigenvalue weighted by Gasteiger charge is 2.28. The van der Waals surface area contributed by atoms with E-state index in [1.54, 1.807) is 0 Å². The number of carbonyl (C=O) groups excluding carboxylic acids is 2. The molecule has 0 fully saturated rings. The van der Waals surface area contributed by atoms with E-state index in [0.717, 1.165) is 42.7 Å². The first kappa shape index (κ1) is 17.7. The van der Waals surface area contributed by atoms with Gasteiger partial charge in [-0.1, -0.05) is 38.0 Å². The number of nitrogens with one attached hydrogen (secondary N) is 1. The summed E-state index contributed by atoms with van der Waals surface area (Å²) in [6.07, 6.45) is 4.19. The zero-order chi connectivity index (χ0) is 16.8.